The number of hydrogen-bond acceptors (Lipinski definition) is 3. The Morgan fingerprint density at radius 1 is 1.53 bits per heavy atom. The molecule has 1 aromatic carbocycles. The lowest BCUT2D eigenvalue weighted by Gasteiger charge is -2.01. The highest BCUT2D eigenvalue weighted by molar-refractivity contribution is 6.32. The molecule has 0 spiro atoms. The Kier molecular flexibility index (Phi) is 2.28. The van der Waals surface area contributed by atoms with Gasteiger partial charge in [0, 0.05) is 11.5 Å². The van der Waals surface area contributed by atoms with Crippen molar-refractivity contribution in [3.05, 3.63) is 29.0 Å². The van der Waals surface area contributed by atoms with Crippen LogP contribution in [0.15, 0.2) is 22.8 Å². The molecule has 0 bridgehead atoms. The van der Waals surface area contributed by atoms with Crippen LogP contribution in [0.3, 0.4) is 0 Å². The lowest BCUT2D eigenvalue weighted by atomic mass is 10.2. The van der Waals surface area contributed by atoms with Gasteiger partial charge in [0.25, 0.3) is 0 Å². The lowest BCUT2D eigenvalue weighted by Crippen LogP contribution is -1.94. The number of benzene rings is 1. The summed E-state index contributed by atoms with van der Waals surface area (Å²) in [6.45, 7) is 0. The van der Waals surface area contributed by atoms with Crippen LogP contribution in [0.4, 0.5) is 0 Å². The molecule has 0 amide bonds. The number of fused-ring (bicyclic) bond motifs is 1. The van der Waals surface area contributed by atoms with Crippen LogP contribution >= 0.6 is 11.6 Å². The van der Waals surface area contributed by atoms with Crippen molar-refractivity contribution < 1.29 is 19.1 Å². The molecule has 1 heterocycles. The van der Waals surface area contributed by atoms with Gasteiger partial charge in [-0.3, -0.25) is 0 Å². The summed E-state index contributed by atoms with van der Waals surface area (Å²) >= 11 is 5.86. The van der Waals surface area contributed by atoms with Crippen LogP contribution in [0.5, 0.6) is 5.75 Å². The predicted molar refractivity (Wildman–Crippen MR) is 54.7 cm³/mol. The third kappa shape index (κ3) is 1.53. The smallest absolute Gasteiger partial charge is 0.339 e. The Hall–Kier alpha value is -1.68. The van der Waals surface area contributed by atoms with Crippen molar-refractivity contribution in [2.75, 3.05) is 7.11 Å². The van der Waals surface area contributed by atoms with Gasteiger partial charge in [0.2, 0.25) is 0 Å². The Balaban J connectivity index is 2.74. The first-order chi connectivity index (χ1) is 7.13. The second-order valence-corrected chi connectivity index (χ2v) is 3.34. The number of furan rings is 1. The first kappa shape index (κ1) is 9.86. The Morgan fingerprint density at radius 3 is 2.87 bits per heavy atom. The summed E-state index contributed by atoms with van der Waals surface area (Å²) in [6, 6.07) is 3.08. The number of carboxylic acid groups (broad SMARTS) is 1. The fourth-order valence-electron chi connectivity index (χ4n) is 1.35. The van der Waals surface area contributed by atoms with Crippen LogP contribution in [0, 0.1) is 0 Å². The maximum atomic E-state index is 10.8. The van der Waals surface area contributed by atoms with Gasteiger partial charge >= 0.3 is 5.97 Å². The van der Waals surface area contributed by atoms with Crippen LogP contribution in [0.1, 0.15) is 10.4 Å². The largest absolute Gasteiger partial charge is 0.495 e. The van der Waals surface area contributed by atoms with Crippen LogP contribution in [-0.2, 0) is 0 Å². The van der Waals surface area contributed by atoms with Crippen molar-refractivity contribution in [3.63, 3.8) is 0 Å². The van der Waals surface area contributed by atoms with Crippen molar-refractivity contribution in [2.45, 2.75) is 0 Å². The molecule has 0 radical (unpaired) electrons. The maximum Gasteiger partial charge on any atom is 0.339 e. The van der Waals surface area contributed by atoms with Crippen LogP contribution < -0.4 is 4.74 Å². The van der Waals surface area contributed by atoms with Gasteiger partial charge in [-0.1, -0.05) is 11.6 Å². The molecule has 2 rings (SSSR count). The zero-order valence-electron chi connectivity index (χ0n) is 7.78. The highest BCUT2D eigenvalue weighted by Gasteiger charge is 2.14. The molecule has 0 atom stereocenters. The van der Waals surface area contributed by atoms with Gasteiger partial charge < -0.3 is 14.3 Å². The summed E-state index contributed by atoms with van der Waals surface area (Å²) in [5.74, 6) is -0.619. The van der Waals surface area contributed by atoms with Gasteiger partial charge in [-0.2, -0.15) is 0 Å². The zero-order chi connectivity index (χ0) is 11.0. The quantitative estimate of drug-likeness (QED) is 0.855. The van der Waals surface area contributed by atoms with E-state index in [1.165, 1.54) is 19.4 Å². The molecular weight excluding hydrogens is 220 g/mol. The van der Waals surface area contributed by atoms with Gasteiger partial charge in [-0.15, -0.1) is 0 Å². The first-order valence-corrected chi connectivity index (χ1v) is 4.49. The highest BCUT2D eigenvalue weighted by Crippen LogP contribution is 2.32. The molecule has 0 aliphatic rings. The molecule has 0 fully saturated rings. The second-order valence-electron chi connectivity index (χ2n) is 2.94. The van der Waals surface area contributed by atoms with Crippen LogP contribution in [0.2, 0.25) is 5.02 Å². The van der Waals surface area contributed by atoms with E-state index in [4.69, 9.17) is 25.9 Å². The molecule has 78 valence electrons. The SMILES string of the molecule is COc1cc2c(C(=O)O)coc2cc1Cl. The molecule has 5 heteroatoms. The van der Waals surface area contributed by atoms with E-state index in [1.54, 1.807) is 6.07 Å². The molecule has 0 aliphatic heterocycles. The molecule has 2 aromatic rings. The molecule has 15 heavy (non-hydrogen) atoms. The summed E-state index contributed by atoms with van der Waals surface area (Å²) in [6.07, 6.45) is 1.18. The monoisotopic (exact) mass is 226 g/mol. The van der Waals surface area contributed by atoms with E-state index in [9.17, 15) is 4.79 Å². The molecule has 1 N–H and O–H groups in total. The summed E-state index contributed by atoms with van der Waals surface area (Å²) in [5.41, 5.74) is 0.526. The standard InChI is InChI=1S/C10H7ClO4/c1-14-9-2-5-6(10(12)13)4-15-8(5)3-7(9)11/h2-4H,1H3,(H,12,13). The molecule has 0 saturated heterocycles. The lowest BCUT2D eigenvalue weighted by molar-refractivity contribution is 0.0698. The average molecular weight is 227 g/mol. The molecule has 0 aliphatic carbocycles. The minimum atomic E-state index is -1.04. The third-order valence-corrected chi connectivity index (χ3v) is 2.37. The van der Waals surface area contributed by atoms with E-state index < -0.39 is 5.97 Å². The molecule has 4 nitrogen and oxygen atoms in total. The molecule has 0 saturated carbocycles. The van der Waals surface area contributed by atoms with Gasteiger partial charge in [0.15, 0.2) is 0 Å². The van der Waals surface area contributed by atoms with Crippen molar-refractivity contribution in [1.29, 1.82) is 0 Å². The summed E-state index contributed by atoms with van der Waals surface area (Å²) < 4.78 is 10.1. The minimum absolute atomic E-state index is 0.0972. The Labute approximate surface area is 90.0 Å². The summed E-state index contributed by atoms with van der Waals surface area (Å²) in [7, 11) is 1.47. The number of rotatable bonds is 2. The van der Waals surface area contributed by atoms with E-state index in [0.29, 0.717) is 21.7 Å². The van der Waals surface area contributed by atoms with Gasteiger partial charge in [0.05, 0.1) is 12.1 Å². The fourth-order valence-corrected chi connectivity index (χ4v) is 1.58. The number of ether oxygens (including phenoxy) is 1. The van der Waals surface area contributed by atoms with Crippen LogP contribution in [0.25, 0.3) is 11.0 Å². The first-order valence-electron chi connectivity index (χ1n) is 4.11. The van der Waals surface area contributed by atoms with Crippen molar-refractivity contribution in [2.24, 2.45) is 0 Å². The normalized spacial score (nSPS) is 10.5. The third-order valence-electron chi connectivity index (χ3n) is 2.08. The second kappa shape index (κ2) is 3.47. The number of methoxy groups -OCH3 is 1. The summed E-state index contributed by atoms with van der Waals surface area (Å²) in [5, 5.41) is 9.73. The highest BCUT2D eigenvalue weighted by atomic mass is 35.5. The van der Waals surface area contributed by atoms with Gasteiger partial charge in [-0.05, 0) is 6.07 Å². The van der Waals surface area contributed by atoms with Crippen LogP contribution in [-0.4, -0.2) is 18.2 Å². The van der Waals surface area contributed by atoms with Gasteiger partial charge in [-0.25, -0.2) is 4.79 Å². The average Bonchev–Trinajstić information content (AvgIpc) is 2.59. The number of aromatic carboxylic acids is 1. The number of halogens is 1. The van der Waals surface area contributed by atoms with Gasteiger partial charge in [0.1, 0.15) is 23.2 Å². The van der Waals surface area contributed by atoms with Crippen molar-refractivity contribution in [1.82, 2.24) is 0 Å². The van der Waals surface area contributed by atoms with E-state index in [-0.39, 0.29) is 5.56 Å². The van der Waals surface area contributed by atoms with Crippen molar-refractivity contribution in [3.8, 4) is 5.75 Å². The molecular formula is C10H7ClO4. The maximum absolute atomic E-state index is 10.8. The zero-order valence-corrected chi connectivity index (χ0v) is 8.54. The number of hydrogen-bond donors (Lipinski definition) is 1. The topological polar surface area (TPSA) is 59.7 Å². The van der Waals surface area contributed by atoms with Crippen molar-refractivity contribution >= 4 is 28.5 Å². The van der Waals surface area contributed by atoms with E-state index in [2.05, 4.69) is 0 Å². The number of carboxylic acids is 1. The molecule has 0 unspecified atom stereocenters. The Bertz CT molecular complexity index is 529. The Morgan fingerprint density at radius 2 is 2.27 bits per heavy atom. The fraction of sp³-hybridized carbons (Fsp3) is 0.100. The van der Waals surface area contributed by atoms with E-state index >= 15 is 0 Å². The predicted octanol–water partition coefficient (Wildman–Crippen LogP) is 2.79. The van der Waals surface area contributed by atoms with E-state index in [1.807, 2.05) is 0 Å². The number of carbonyl (C=O) groups is 1. The summed E-state index contributed by atoms with van der Waals surface area (Å²) in [4.78, 5) is 10.8. The molecule has 1 aromatic heterocycles. The van der Waals surface area contributed by atoms with E-state index in [0.717, 1.165) is 0 Å². The minimum Gasteiger partial charge on any atom is -0.495 e.